The lowest BCUT2D eigenvalue weighted by atomic mass is 10.0. The molecule has 0 saturated heterocycles. The largest absolute Gasteiger partial charge is 0.455 e. The van der Waals surface area contributed by atoms with E-state index in [0.717, 1.165) is 0 Å². The number of rotatable bonds is 3. The molecule has 0 radical (unpaired) electrons. The minimum Gasteiger partial charge on any atom is -0.455 e. The highest BCUT2D eigenvalue weighted by Gasteiger charge is 2.24. The van der Waals surface area contributed by atoms with Gasteiger partial charge in [0.25, 0.3) is 0 Å². The van der Waals surface area contributed by atoms with Gasteiger partial charge >= 0.3 is 0 Å². The lowest BCUT2D eigenvalue weighted by Crippen LogP contribution is -2.09. The third kappa shape index (κ3) is 2.19. The predicted octanol–water partition coefficient (Wildman–Crippen LogP) is 3.34. The van der Waals surface area contributed by atoms with E-state index in [4.69, 9.17) is 4.42 Å². The molecule has 3 rings (SSSR count). The van der Waals surface area contributed by atoms with E-state index in [0.29, 0.717) is 10.9 Å². The average Bonchev–Trinajstić information content (AvgIpc) is 2.92. The molecule has 0 spiro atoms. The molecule has 0 aliphatic carbocycles. The highest BCUT2D eigenvalue weighted by Crippen LogP contribution is 2.32. The van der Waals surface area contributed by atoms with Gasteiger partial charge in [-0.1, -0.05) is 42.5 Å². The second-order valence-electron chi connectivity index (χ2n) is 4.61. The quantitative estimate of drug-likeness (QED) is 0.769. The Morgan fingerprint density at radius 3 is 2.35 bits per heavy atom. The number of hydrogen-bond acceptors (Lipinski definition) is 3. The highest BCUT2D eigenvalue weighted by molar-refractivity contribution is 5.78. The van der Waals surface area contributed by atoms with Crippen LogP contribution in [0.2, 0.25) is 0 Å². The molecule has 1 aromatic heterocycles. The molecule has 2 aromatic carbocycles. The Labute approximate surface area is 114 Å². The van der Waals surface area contributed by atoms with Crippen molar-refractivity contribution in [2.45, 2.75) is 12.2 Å². The van der Waals surface area contributed by atoms with Crippen molar-refractivity contribution < 1.29 is 19.0 Å². The smallest absolute Gasteiger partial charge is 0.170 e. The molecule has 20 heavy (non-hydrogen) atoms. The van der Waals surface area contributed by atoms with Crippen LogP contribution in [-0.4, -0.2) is 10.2 Å². The van der Waals surface area contributed by atoms with Gasteiger partial charge in [-0.05, 0) is 17.7 Å². The molecule has 2 N–H and O–H groups in total. The second kappa shape index (κ2) is 5.07. The molecule has 3 nitrogen and oxygen atoms in total. The van der Waals surface area contributed by atoms with Crippen LogP contribution in [0.3, 0.4) is 0 Å². The number of hydrogen-bond donors (Lipinski definition) is 2. The molecule has 0 aliphatic heterocycles. The van der Waals surface area contributed by atoms with Gasteiger partial charge in [0.1, 0.15) is 18.0 Å². The molecule has 4 heteroatoms. The van der Waals surface area contributed by atoms with Crippen molar-refractivity contribution in [2.24, 2.45) is 0 Å². The highest BCUT2D eigenvalue weighted by atomic mass is 19.1. The monoisotopic (exact) mass is 272 g/mol. The molecule has 2 unspecified atom stereocenters. The Morgan fingerprint density at radius 1 is 0.900 bits per heavy atom. The predicted molar refractivity (Wildman–Crippen MR) is 72.5 cm³/mol. The van der Waals surface area contributed by atoms with Crippen LogP contribution in [0.5, 0.6) is 0 Å². The Balaban J connectivity index is 1.96. The van der Waals surface area contributed by atoms with Gasteiger partial charge in [0.2, 0.25) is 0 Å². The van der Waals surface area contributed by atoms with Crippen molar-refractivity contribution in [1.82, 2.24) is 0 Å². The molecule has 0 aliphatic rings. The van der Waals surface area contributed by atoms with Crippen molar-refractivity contribution in [3.05, 3.63) is 71.7 Å². The summed E-state index contributed by atoms with van der Waals surface area (Å²) in [6, 6.07) is 14.8. The van der Waals surface area contributed by atoms with Crippen molar-refractivity contribution in [2.75, 3.05) is 0 Å². The molecule has 0 amide bonds. The van der Waals surface area contributed by atoms with Crippen molar-refractivity contribution in [3.8, 4) is 0 Å². The van der Waals surface area contributed by atoms with Gasteiger partial charge in [-0.2, -0.15) is 0 Å². The van der Waals surface area contributed by atoms with Crippen LogP contribution in [0.15, 0.2) is 59.0 Å². The minimum atomic E-state index is -1.25. The fourth-order valence-corrected chi connectivity index (χ4v) is 2.18. The van der Waals surface area contributed by atoms with Crippen molar-refractivity contribution in [1.29, 1.82) is 0 Å². The third-order valence-electron chi connectivity index (χ3n) is 3.25. The topological polar surface area (TPSA) is 53.6 Å². The number of furan rings is 1. The zero-order chi connectivity index (χ0) is 14.1. The van der Waals surface area contributed by atoms with Crippen LogP contribution in [0, 0.1) is 5.82 Å². The lowest BCUT2D eigenvalue weighted by Gasteiger charge is -2.15. The van der Waals surface area contributed by atoms with Gasteiger partial charge in [0.15, 0.2) is 11.4 Å². The van der Waals surface area contributed by atoms with E-state index in [1.807, 2.05) is 6.07 Å². The van der Waals surface area contributed by atoms with Gasteiger partial charge in [-0.3, -0.25) is 0 Å². The molecule has 0 fully saturated rings. The Kier molecular flexibility index (Phi) is 3.26. The average molecular weight is 272 g/mol. The summed E-state index contributed by atoms with van der Waals surface area (Å²) in [5.74, 6) is -0.350. The Bertz CT molecular complexity index is 721. The standard InChI is InChI=1S/C16H13FO3/c17-12-8-4-7-11-9-13(20-16(11)12)15(19)14(18)10-5-2-1-3-6-10/h1-9,14-15,18-19H. The van der Waals surface area contributed by atoms with E-state index in [-0.39, 0.29) is 11.3 Å². The second-order valence-corrected chi connectivity index (χ2v) is 4.61. The van der Waals surface area contributed by atoms with E-state index < -0.39 is 18.0 Å². The molecular formula is C16H13FO3. The fraction of sp³-hybridized carbons (Fsp3) is 0.125. The number of halogens is 1. The fourth-order valence-electron chi connectivity index (χ4n) is 2.18. The van der Waals surface area contributed by atoms with Gasteiger partial charge in [0, 0.05) is 5.39 Å². The van der Waals surface area contributed by atoms with Crippen molar-refractivity contribution >= 4 is 11.0 Å². The summed E-state index contributed by atoms with van der Waals surface area (Å²) in [5.41, 5.74) is 0.655. The number of fused-ring (bicyclic) bond motifs is 1. The molecule has 2 atom stereocenters. The van der Waals surface area contributed by atoms with Crippen LogP contribution in [0.25, 0.3) is 11.0 Å². The van der Waals surface area contributed by atoms with Gasteiger partial charge in [-0.15, -0.1) is 0 Å². The number of para-hydroxylation sites is 1. The summed E-state index contributed by atoms with van der Waals surface area (Å²) in [6.07, 6.45) is -2.37. The summed E-state index contributed by atoms with van der Waals surface area (Å²) < 4.78 is 18.9. The summed E-state index contributed by atoms with van der Waals surface area (Å²) in [6.45, 7) is 0. The van der Waals surface area contributed by atoms with E-state index in [1.165, 1.54) is 12.1 Å². The van der Waals surface area contributed by atoms with Gasteiger partial charge in [-0.25, -0.2) is 4.39 Å². The summed E-state index contributed by atoms with van der Waals surface area (Å²) in [4.78, 5) is 0. The first-order valence-corrected chi connectivity index (χ1v) is 6.26. The molecule has 0 saturated carbocycles. The lowest BCUT2D eigenvalue weighted by molar-refractivity contribution is 0.00497. The van der Waals surface area contributed by atoms with Crippen LogP contribution >= 0.6 is 0 Å². The van der Waals surface area contributed by atoms with E-state index in [2.05, 4.69) is 0 Å². The maximum atomic E-state index is 13.5. The molecule has 0 bridgehead atoms. The zero-order valence-corrected chi connectivity index (χ0v) is 10.5. The first kappa shape index (κ1) is 12.8. The third-order valence-corrected chi connectivity index (χ3v) is 3.25. The van der Waals surface area contributed by atoms with Crippen LogP contribution in [0.4, 0.5) is 4.39 Å². The Morgan fingerprint density at radius 2 is 1.65 bits per heavy atom. The molecule has 102 valence electrons. The summed E-state index contributed by atoms with van der Waals surface area (Å²) in [5, 5.41) is 20.9. The van der Waals surface area contributed by atoms with Crippen LogP contribution < -0.4 is 0 Å². The van der Waals surface area contributed by atoms with E-state index in [1.54, 1.807) is 36.4 Å². The first-order valence-electron chi connectivity index (χ1n) is 6.26. The van der Waals surface area contributed by atoms with E-state index in [9.17, 15) is 14.6 Å². The zero-order valence-electron chi connectivity index (χ0n) is 10.5. The van der Waals surface area contributed by atoms with Gasteiger partial charge < -0.3 is 14.6 Å². The summed E-state index contributed by atoms with van der Waals surface area (Å²) >= 11 is 0. The minimum absolute atomic E-state index is 0.0850. The first-order chi connectivity index (χ1) is 9.66. The SMILES string of the molecule is OC(c1ccccc1)C(O)c1cc2cccc(F)c2o1. The van der Waals surface area contributed by atoms with Crippen LogP contribution in [-0.2, 0) is 0 Å². The molecular weight excluding hydrogens is 259 g/mol. The maximum Gasteiger partial charge on any atom is 0.170 e. The van der Waals surface area contributed by atoms with Crippen LogP contribution in [0.1, 0.15) is 23.5 Å². The number of benzene rings is 2. The maximum absolute atomic E-state index is 13.5. The molecule has 3 aromatic rings. The molecule has 1 heterocycles. The van der Waals surface area contributed by atoms with E-state index >= 15 is 0 Å². The van der Waals surface area contributed by atoms with Gasteiger partial charge in [0.05, 0.1) is 0 Å². The summed E-state index contributed by atoms with van der Waals surface area (Å²) in [7, 11) is 0. The normalized spacial score (nSPS) is 14.3. The number of aliphatic hydroxyl groups excluding tert-OH is 2. The van der Waals surface area contributed by atoms with Crippen molar-refractivity contribution in [3.63, 3.8) is 0 Å². The Hall–Kier alpha value is -2.17. The number of aliphatic hydroxyl groups is 2.